The number of rotatable bonds is 4. The molecule has 0 amide bonds. The molecular weight excluding hydrogens is 298 g/mol. The molecule has 1 spiro atoms. The van der Waals surface area contributed by atoms with Crippen LogP contribution in [0.2, 0.25) is 0 Å². The molecule has 2 aliphatic rings. The van der Waals surface area contributed by atoms with Gasteiger partial charge in [0.25, 0.3) is 0 Å². The molecule has 1 aromatic carbocycles. The first-order chi connectivity index (χ1) is 10.3. The van der Waals surface area contributed by atoms with E-state index in [1.165, 1.54) is 47.6 Å². The van der Waals surface area contributed by atoms with Gasteiger partial charge in [-0.05, 0) is 61.9 Å². The van der Waals surface area contributed by atoms with E-state index in [0.29, 0.717) is 5.25 Å². The lowest BCUT2D eigenvalue weighted by Crippen LogP contribution is -2.43. The Morgan fingerprint density at radius 3 is 3.05 bits per heavy atom. The molecule has 0 bridgehead atoms. The standard InChI is InChI=1S/C17H25NOS2/c1-18-13-14-3-2-4-15(11-14)21-16-5-8-19-17(12-16)6-9-20-10-7-17/h2-4,11,16,18H,5-10,12-13H2,1H3. The number of hydrogen-bond acceptors (Lipinski definition) is 4. The lowest BCUT2D eigenvalue weighted by Gasteiger charge is -2.43. The van der Waals surface area contributed by atoms with Gasteiger partial charge < -0.3 is 10.1 Å². The second-order valence-corrected chi connectivity index (χ2v) is 8.65. The smallest absolute Gasteiger partial charge is 0.0709 e. The summed E-state index contributed by atoms with van der Waals surface area (Å²) < 4.78 is 6.20. The summed E-state index contributed by atoms with van der Waals surface area (Å²) in [6.07, 6.45) is 4.91. The van der Waals surface area contributed by atoms with Crippen molar-refractivity contribution in [1.82, 2.24) is 5.32 Å². The van der Waals surface area contributed by atoms with Crippen molar-refractivity contribution in [2.75, 3.05) is 25.2 Å². The van der Waals surface area contributed by atoms with Crippen molar-refractivity contribution in [3.05, 3.63) is 29.8 Å². The fraction of sp³-hybridized carbons (Fsp3) is 0.647. The van der Waals surface area contributed by atoms with Gasteiger partial charge in [-0.15, -0.1) is 11.8 Å². The molecule has 0 aliphatic carbocycles. The topological polar surface area (TPSA) is 21.3 Å². The van der Waals surface area contributed by atoms with Gasteiger partial charge in [-0.1, -0.05) is 12.1 Å². The molecular formula is C17H25NOS2. The Balaban J connectivity index is 1.63. The maximum atomic E-state index is 6.20. The van der Waals surface area contributed by atoms with E-state index in [4.69, 9.17) is 4.74 Å². The zero-order chi connectivity index (χ0) is 14.5. The van der Waals surface area contributed by atoms with E-state index >= 15 is 0 Å². The summed E-state index contributed by atoms with van der Waals surface area (Å²) in [4.78, 5) is 1.41. The van der Waals surface area contributed by atoms with Crippen LogP contribution in [0.15, 0.2) is 29.2 Å². The van der Waals surface area contributed by atoms with E-state index in [1.807, 2.05) is 7.05 Å². The first kappa shape index (κ1) is 15.7. The van der Waals surface area contributed by atoms with Gasteiger partial charge in [0, 0.05) is 23.3 Å². The minimum Gasteiger partial charge on any atom is -0.375 e. The zero-order valence-corrected chi connectivity index (χ0v) is 14.4. The predicted octanol–water partition coefficient (Wildman–Crippen LogP) is 3.94. The van der Waals surface area contributed by atoms with Crippen LogP contribution >= 0.6 is 23.5 Å². The highest BCUT2D eigenvalue weighted by molar-refractivity contribution is 8.00. The lowest BCUT2D eigenvalue weighted by molar-refractivity contribution is -0.0804. The summed E-state index contributed by atoms with van der Waals surface area (Å²) in [7, 11) is 2.00. The van der Waals surface area contributed by atoms with Gasteiger partial charge in [0.1, 0.15) is 0 Å². The average molecular weight is 324 g/mol. The normalized spacial score (nSPS) is 25.1. The minimum absolute atomic E-state index is 0.198. The fourth-order valence-corrected chi connectivity index (χ4v) is 5.90. The van der Waals surface area contributed by atoms with Gasteiger partial charge in [-0.2, -0.15) is 11.8 Å². The van der Waals surface area contributed by atoms with Gasteiger partial charge in [-0.3, -0.25) is 0 Å². The van der Waals surface area contributed by atoms with E-state index in [0.717, 1.165) is 13.2 Å². The van der Waals surface area contributed by atoms with Gasteiger partial charge in [-0.25, -0.2) is 0 Å². The first-order valence-electron chi connectivity index (χ1n) is 7.92. The molecule has 21 heavy (non-hydrogen) atoms. The van der Waals surface area contributed by atoms with Gasteiger partial charge in [0.15, 0.2) is 0 Å². The molecule has 0 saturated carbocycles. The molecule has 1 N–H and O–H groups in total. The molecule has 4 heteroatoms. The van der Waals surface area contributed by atoms with Crippen molar-refractivity contribution in [3.63, 3.8) is 0 Å². The second-order valence-electron chi connectivity index (χ2n) is 6.05. The predicted molar refractivity (Wildman–Crippen MR) is 93.3 cm³/mol. The van der Waals surface area contributed by atoms with Crippen molar-refractivity contribution in [2.45, 2.75) is 48.0 Å². The fourth-order valence-electron chi connectivity index (χ4n) is 3.30. The number of benzene rings is 1. The Labute approximate surface area is 136 Å². The lowest BCUT2D eigenvalue weighted by atomic mass is 9.88. The molecule has 1 aromatic rings. The van der Waals surface area contributed by atoms with Crippen LogP contribution in [0.25, 0.3) is 0 Å². The minimum atomic E-state index is 0.198. The van der Waals surface area contributed by atoms with Crippen LogP contribution in [0.5, 0.6) is 0 Å². The van der Waals surface area contributed by atoms with E-state index in [9.17, 15) is 0 Å². The highest BCUT2D eigenvalue weighted by atomic mass is 32.2. The Bertz CT molecular complexity index is 454. The van der Waals surface area contributed by atoms with Gasteiger partial charge >= 0.3 is 0 Å². The maximum absolute atomic E-state index is 6.20. The van der Waals surface area contributed by atoms with Gasteiger partial charge in [0.05, 0.1) is 5.60 Å². The molecule has 1 unspecified atom stereocenters. The molecule has 2 saturated heterocycles. The molecule has 2 heterocycles. The van der Waals surface area contributed by atoms with Crippen LogP contribution < -0.4 is 5.32 Å². The van der Waals surface area contributed by atoms with Crippen molar-refractivity contribution in [1.29, 1.82) is 0 Å². The van der Waals surface area contributed by atoms with Crippen LogP contribution in [-0.4, -0.2) is 36.0 Å². The summed E-state index contributed by atoms with van der Waals surface area (Å²) in [6, 6.07) is 8.97. The monoisotopic (exact) mass is 323 g/mol. The van der Waals surface area contributed by atoms with E-state index in [1.54, 1.807) is 0 Å². The molecule has 2 nitrogen and oxygen atoms in total. The summed E-state index contributed by atoms with van der Waals surface area (Å²) in [6.45, 7) is 1.89. The quantitative estimate of drug-likeness (QED) is 0.905. The first-order valence-corrected chi connectivity index (χ1v) is 9.95. The third kappa shape index (κ3) is 4.19. The summed E-state index contributed by atoms with van der Waals surface area (Å²) >= 11 is 4.14. The number of nitrogens with one attached hydrogen (secondary N) is 1. The largest absolute Gasteiger partial charge is 0.375 e. The summed E-state index contributed by atoms with van der Waals surface area (Å²) in [5.74, 6) is 2.55. The molecule has 116 valence electrons. The molecule has 0 aromatic heterocycles. The molecule has 2 fully saturated rings. The Morgan fingerprint density at radius 2 is 2.24 bits per heavy atom. The third-order valence-electron chi connectivity index (χ3n) is 4.43. The van der Waals surface area contributed by atoms with Crippen molar-refractivity contribution in [3.8, 4) is 0 Å². The van der Waals surface area contributed by atoms with E-state index in [2.05, 4.69) is 53.1 Å². The number of thioether (sulfide) groups is 2. The summed E-state index contributed by atoms with van der Waals surface area (Å²) in [5.41, 5.74) is 1.57. The molecule has 0 radical (unpaired) electrons. The van der Waals surface area contributed by atoms with Gasteiger partial charge in [0.2, 0.25) is 0 Å². The zero-order valence-electron chi connectivity index (χ0n) is 12.8. The average Bonchev–Trinajstić information content (AvgIpc) is 2.49. The number of hydrogen-bond donors (Lipinski definition) is 1. The van der Waals surface area contributed by atoms with Crippen molar-refractivity contribution >= 4 is 23.5 Å². The number of ether oxygens (including phenoxy) is 1. The molecule has 2 aliphatic heterocycles. The highest BCUT2D eigenvalue weighted by Crippen LogP contribution is 2.42. The van der Waals surface area contributed by atoms with Crippen LogP contribution in [-0.2, 0) is 11.3 Å². The van der Waals surface area contributed by atoms with Crippen LogP contribution in [0.3, 0.4) is 0 Å². The SMILES string of the molecule is CNCc1cccc(SC2CCOC3(CCSCC3)C2)c1. The van der Waals surface area contributed by atoms with Crippen LogP contribution in [0.4, 0.5) is 0 Å². The Kier molecular flexibility index (Phi) is 5.54. The highest BCUT2D eigenvalue weighted by Gasteiger charge is 2.38. The maximum Gasteiger partial charge on any atom is 0.0709 e. The summed E-state index contributed by atoms with van der Waals surface area (Å²) in [5, 5.41) is 3.94. The van der Waals surface area contributed by atoms with Crippen molar-refractivity contribution in [2.24, 2.45) is 0 Å². The van der Waals surface area contributed by atoms with E-state index in [-0.39, 0.29) is 5.60 Å². The van der Waals surface area contributed by atoms with Crippen LogP contribution in [0.1, 0.15) is 31.2 Å². The second kappa shape index (κ2) is 7.40. The molecule has 3 rings (SSSR count). The van der Waals surface area contributed by atoms with E-state index < -0.39 is 0 Å². The third-order valence-corrected chi connectivity index (χ3v) is 6.68. The Morgan fingerprint density at radius 1 is 1.38 bits per heavy atom. The Hall–Kier alpha value is -0.160. The van der Waals surface area contributed by atoms with Crippen molar-refractivity contribution < 1.29 is 4.74 Å². The molecule has 1 atom stereocenters. The van der Waals surface area contributed by atoms with Crippen LogP contribution in [0, 0.1) is 0 Å².